The van der Waals surface area contributed by atoms with Crippen LogP contribution in [0.15, 0.2) is 42.5 Å². The number of anilines is 1. The molecule has 0 aromatic heterocycles. The Balaban J connectivity index is 1.88. The summed E-state index contributed by atoms with van der Waals surface area (Å²) in [4.78, 5) is 14.2. The molecule has 3 rings (SSSR count). The largest absolute Gasteiger partial charge is 0.486 e. The van der Waals surface area contributed by atoms with Gasteiger partial charge >= 0.3 is 0 Å². The molecule has 1 amide bonds. The van der Waals surface area contributed by atoms with E-state index in [1.54, 1.807) is 38.1 Å². The SMILES string of the molecule is CC(Oc1ccccc1)C(=O)N1c2ccc(F)c(F)c2OCC1C. The van der Waals surface area contributed by atoms with Gasteiger partial charge in [-0.05, 0) is 38.1 Å². The number of fused-ring (bicyclic) bond motifs is 1. The summed E-state index contributed by atoms with van der Waals surface area (Å²) in [6.45, 7) is 3.48. The Labute approximate surface area is 138 Å². The summed E-state index contributed by atoms with van der Waals surface area (Å²) >= 11 is 0. The van der Waals surface area contributed by atoms with Gasteiger partial charge in [0, 0.05) is 0 Å². The highest BCUT2D eigenvalue weighted by atomic mass is 19.2. The molecule has 0 radical (unpaired) electrons. The fourth-order valence-corrected chi connectivity index (χ4v) is 2.65. The molecule has 1 aliphatic rings. The first-order chi connectivity index (χ1) is 11.5. The number of hydrogen-bond acceptors (Lipinski definition) is 3. The zero-order valence-electron chi connectivity index (χ0n) is 13.3. The van der Waals surface area contributed by atoms with Gasteiger partial charge in [-0.25, -0.2) is 4.39 Å². The van der Waals surface area contributed by atoms with Crippen molar-refractivity contribution in [1.82, 2.24) is 0 Å². The third kappa shape index (κ3) is 2.91. The highest BCUT2D eigenvalue weighted by Gasteiger charge is 2.35. The quantitative estimate of drug-likeness (QED) is 0.862. The molecule has 2 aromatic carbocycles. The molecule has 2 atom stereocenters. The van der Waals surface area contributed by atoms with E-state index in [0.717, 1.165) is 6.07 Å². The lowest BCUT2D eigenvalue weighted by molar-refractivity contribution is -0.125. The van der Waals surface area contributed by atoms with Crippen LogP contribution in [-0.2, 0) is 4.79 Å². The second-order valence-corrected chi connectivity index (χ2v) is 5.65. The van der Waals surface area contributed by atoms with Crippen molar-refractivity contribution in [3.8, 4) is 11.5 Å². The van der Waals surface area contributed by atoms with Crippen molar-refractivity contribution in [3.05, 3.63) is 54.1 Å². The molecule has 0 saturated heterocycles. The van der Waals surface area contributed by atoms with Gasteiger partial charge in [-0.1, -0.05) is 18.2 Å². The summed E-state index contributed by atoms with van der Waals surface area (Å²) in [5.41, 5.74) is 0.209. The normalized spacial score (nSPS) is 17.7. The first-order valence-corrected chi connectivity index (χ1v) is 7.64. The number of amides is 1. The van der Waals surface area contributed by atoms with Crippen molar-refractivity contribution in [2.45, 2.75) is 26.0 Å². The van der Waals surface area contributed by atoms with Crippen molar-refractivity contribution in [3.63, 3.8) is 0 Å². The fraction of sp³-hybridized carbons (Fsp3) is 0.278. The van der Waals surface area contributed by atoms with Crippen LogP contribution in [0, 0.1) is 11.6 Å². The lowest BCUT2D eigenvalue weighted by Gasteiger charge is -2.36. The molecule has 4 nitrogen and oxygen atoms in total. The van der Waals surface area contributed by atoms with Crippen LogP contribution in [0.25, 0.3) is 0 Å². The Bertz CT molecular complexity index is 751. The van der Waals surface area contributed by atoms with Crippen molar-refractivity contribution in [2.75, 3.05) is 11.5 Å². The fourth-order valence-electron chi connectivity index (χ4n) is 2.65. The third-order valence-electron chi connectivity index (χ3n) is 3.84. The molecule has 2 unspecified atom stereocenters. The lowest BCUT2D eigenvalue weighted by atomic mass is 10.1. The zero-order chi connectivity index (χ0) is 17.3. The van der Waals surface area contributed by atoms with Gasteiger partial charge in [0.2, 0.25) is 5.82 Å². The Morgan fingerprint density at radius 2 is 1.96 bits per heavy atom. The minimum atomic E-state index is -1.09. The standard InChI is InChI=1S/C18H17F2NO3/c1-11-10-23-17-15(9-8-14(19)16(17)20)21(11)18(22)12(2)24-13-6-4-3-5-7-13/h3-9,11-12H,10H2,1-2H3. The van der Waals surface area contributed by atoms with E-state index < -0.39 is 17.7 Å². The number of nitrogens with zero attached hydrogens (tertiary/aromatic N) is 1. The summed E-state index contributed by atoms with van der Waals surface area (Å²) in [5, 5.41) is 0. The average Bonchev–Trinajstić information content (AvgIpc) is 2.58. The van der Waals surface area contributed by atoms with Gasteiger partial charge in [0.25, 0.3) is 5.91 Å². The molecule has 0 saturated carbocycles. The van der Waals surface area contributed by atoms with Gasteiger partial charge in [0.1, 0.15) is 12.4 Å². The predicted octanol–water partition coefficient (Wildman–Crippen LogP) is 3.55. The van der Waals surface area contributed by atoms with E-state index in [2.05, 4.69) is 0 Å². The van der Waals surface area contributed by atoms with Gasteiger partial charge in [0.15, 0.2) is 17.7 Å². The van der Waals surface area contributed by atoms with E-state index >= 15 is 0 Å². The van der Waals surface area contributed by atoms with Gasteiger partial charge in [0.05, 0.1) is 11.7 Å². The maximum atomic E-state index is 13.9. The van der Waals surface area contributed by atoms with E-state index in [1.807, 2.05) is 6.07 Å². The molecular formula is C18H17F2NO3. The molecule has 126 valence electrons. The van der Waals surface area contributed by atoms with E-state index in [4.69, 9.17) is 9.47 Å². The smallest absolute Gasteiger partial charge is 0.268 e. The molecule has 2 aromatic rings. The van der Waals surface area contributed by atoms with Crippen LogP contribution in [0.2, 0.25) is 0 Å². The highest BCUT2D eigenvalue weighted by Crippen LogP contribution is 2.37. The minimum absolute atomic E-state index is 0.0805. The highest BCUT2D eigenvalue weighted by molar-refractivity contribution is 5.98. The van der Waals surface area contributed by atoms with Crippen molar-refractivity contribution < 1.29 is 23.0 Å². The van der Waals surface area contributed by atoms with E-state index in [9.17, 15) is 13.6 Å². The summed E-state index contributed by atoms with van der Waals surface area (Å²) < 4.78 is 38.2. The molecule has 0 bridgehead atoms. The summed E-state index contributed by atoms with van der Waals surface area (Å²) in [7, 11) is 0. The number of carbonyl (C=O) groups excluding carboxylic acids is 1. The molecule has 0 N–H and O–H groups in total. The van der Waals surface area contributed by atoms with Crippen molar-refractivity contribution in [2.24, 2.45) is 0 Å². The number of rotatable bonds is 3. The maximum Gasteiger partial charge on any atom is 0.268 e. The Morgan fingerprint density at radius 3 is 2.67 bits per heavy atom. The van der Waals surface area contributed by atoms with Crippen LogP contribution >= 0.6 is 0 Å². The Morgan fingerprint density at radius 1 is 1.25 bits per heavy atom. The lowest BCUT2D eigenvalue weighted by Crippen LogP contribution is -2.50. The number of carbonyl (C=O) groups is 1. The number of halogens is 2. The summed E-state index contributed by atoms with van der Waals surface area (Å²) in [5.74, 6) is -2.13. The molecule has 0 aliphatic carbocycles. The molecule has 24 heavy (non-hydrogen) atoms. The molecule has 0 spiro atoms. The van der Waals surface area contributed by atoms with Gasteiger partial charge in [-0.2, -0.15) is 4.39 Å². The first kappa shape index (κ1) is 16.2. The van der Waals surface area contributed by atoms with Crippen molar-refractivity contribution in [1.29, 1.82) is 0 Å². The van der Waals surface area contributed by atoms with Gasteiger partial charge in [-0.15, -0.1) is 0 Å². The Hall–Kier alpha value is -2.63. The van der Waals surface area contributed by atoms with Gasteiger partial charge < -0.3 is 9.47 Å². The number of ether oxygens (including phenoxy) is 2. The molecule has 1 heterocycles. The number of benzene rings is 2. The van der Waals surface area contributed by atoms with Crippen molar-refractivity contribution >= 4 is 11.6 Å². The number of para-hydroxylation sites is 1. The van der Waals surface area contributed by atoms with Crippen LogP contribution in [0.5, 0.6) is 11.5 Å². The van der Waals surface area contributed by atoms with E-state index in [1.165, 1.54) is 11.0 Å². The Kier molecular flexibility index (Phi) is 4.38. The molecular weight excluding hydrogens is 316 g/mol. The van der Waals surface area contributed by atoms with Crippen LogP contribution in [0.3, 0.4) is 0 Å². The second kappa shape index (κ2) is 6.47. The third-order valence-corrected chi connectivity index (χ3v) is 3.84. The maximum absolute atomic E-state index is 13.9. The average molecular weight is 333 g/mol. The zero-order valence-corrected chi connectivity index (χ0v) is 13.3. The first-order valence-electron chi connectivity index (χ1n) is 7.64. The molecule has 6 heteroatoms. The predicted molar refractivity (Wildman–Crippen MR) is 85.3 cm³/mol. The van der Waals surface area contributed by atoms with E-state index in [-0.39, 0.29) is 30.0 Å². The molecule has 1 aliphatic heterocycles. The summed E-state index contributed by atoms with van der Waals surface area (Å²) in [6, 6.07) is 10.9. The van der Waals surface area contributed by atoms with Crippen LogP contribution in [-0.4, -0.2) is 24.7 Å². The van der Waals surface area contributed by atoms with Crippen LogP contribution < -0.4 is 14.4 Å². The topological polar surface area (TPSA) is 38.8 Å². The second-order valence-electron chi connectivity index (χ2n) is 5.65. The molecule has 0 fully saturated rings. The monoisotopic (exact) mass is 333 g/mol. The van der Waals surface area contributed by atoms with Crippen LogP contribution in [0.1, 0.15) is 13.8 Å². The minimum Gasteiger partial charge on any atom is -0.486 e. The number of hydrogen-bond donors (Lipinski definition) is 0. The summed E-state index contributed by atoms with van der Waals surface area (Å²) in [6.07, 6.45) is -0.783. The van der Waals surface area contributed by atoms with Gasteiger partial charge in [-0.3, -0.25) is 9.69 Å². The van der Waals surface area contributed by atoms with E-state index in [0.29, 0.717) is 5.75 Å². The van der Waals surface area contributed by atoms with Crippen LogP contribution in [0.4, 0.5) is 14.5 Å².